The molecule has 0 saturated heterocycles. The van der Waals surface area contributed by atoms with E-state index >= 15 is 0 Å². The standard InChI is InChI=1S/C7H6N4/c1-5-6-2-3-8-11-7(6)4-9-10-5/h2-4H,1H3. The maximum atomic E-state index is 3.89. The number of nitrogens with zero attached hydrogens (tertiary/aromatic N) is 4. The Morgan fingerprint density at radius 3 is 2.91 bits per heavy atom. The van der Waals surface area contributed by atoms with Gasteiger partial charge in [0.1, 0.15) is 5.52 Å². The molecule has 0 aliphatic rings. The van der Waals surface area contributed by atoms with Gasteiger partial charge in [0.2, 0.25) is 0 Å². The van der Waals surface area contributed by atoms with Crippen LogP contribution in [0.5, 0.6) is 0 Å². The summed E-state index contributed by atoms with van der Waals surface area (Å²) in [6.45, 7) is 1.90. The van der Waals surface area contributed by atoms with Gasteiger partial charge >= 0.3 is 0 Å². The van der Waals surface area contributed by atoms with Gasteiger partial charge in [-0.05, 0) is 13.0 Å². The van der Waals surface area contributed by atoms with E-state index in [2.05, 4.69) is 20.4 Å². The van der Waals surface area contributed by atoms with Gasteiger partial charge in [-0.3, -0.25) is 0 Å². The molecule has 2 heterocycles. The lowest BCUT2D eigenvalue weighted by Crippen LogP contribution is -1.90. The Morgan fingerprint density at radius 2 is 2.09 bits per heavy atom. The summed E-state index contributed by atoms with van der Waals surface area (Å²) >= 11 is 0. The van der Waals surface area contributed by atoms with Crippen LogP contribution in [0, 0.1) is 6.92 Å². The molecule has 0 fully saturated rings. The Labute approximate surface area is 63.3 Å². The summed E-state index contributed by atoms with van der Waals surface area (Å²) in [6.07, 6.45) is 3.26. The molecule has 0 saturated carbocycles. The minimum atomic E-state index is 0.792. The van der Waals surface area contributed by atoms with Gasteiger partial charge in [0.25, 0.3) is 0 Å². The summed E-state index contributed by atoms with van der Waals surface area (Å²) in [5, 5.41) is 16.3. The van der Waals surface area contributed by atoms with Crippen molar-refractivity contribution in [1.82, 2.24) is 20.4 Å². The van der Waals surface area contributed by atoms with Crippen LogP contribution in [0.1, 0.15) is 5.69 Å². The minimum absolute atomic E-state index is 0.792. The predicted molar refractivity (Wildman–Crippen MR) is 39.9 cm³/mol. The lowest BCUT2D eigenvalue weighted by atomic mass is 10.2. The molecule has 0 N–H and O–H groups in total. The van der Waals surface area contributed by atoms with Gasteiger partial charge in [-0.15, -0.1) is 5.10 Å². The quantitative estimate of drug-likeness (QED) is 0.549. The van der Waals surface area contributed by atoms with Gasteiger partial charge in [0.05, 0.1) is 18.1 Å². The van der Waals surface area contributed by atoms with Gasteiger partial charge < -0.3 is 0 Å². The fourth-order valence-corrected chi connectivity index (χ4v) is 0.968. The number of rotatable bonds is 0. The topological polar surface area (TPSA) is 51.6 Å². The lowest BCUT2D eigenvalue weighted by molar-refractivity contribution is 0.978. The van der Waals surface area contributed by atoms with Crippen molar-refractivity contribution < 1.29 is 0 Å². The van der Waals surface area contributed by atoms with Crippen molar-refractivity contribution >= 4 is 10.9 Å². The third-order valence-corrected chi connectivity index (χ3v) is 1.53. The van der Waals surface area contributed by atoms with E-state index in [-0.39, 0.29) is 0 Å². The molecular weight excluding hydrogens is 140 g/mol. The summed E-state index contributed by atoms with van der Waals surface area (Å²) in [5.41, 5.74) is 1.68. The predicted octanol–water partition coefficient (Wildman–Crippen LogP) is 0.728. The van der Waals surface area contributed by atoms with Crippen LogP contribution in [0.25, 0.3) is 10.9 Å². The second kappa shape index (κ2) is 2.23. The summed E-state index contributed by atoms with van der Waals surface area (Å²) < 4.78 is 0. The third kappa shape index (κ3) is 0.920. The monoisotopic (exact) mass is 146 g/mol. The summed E-state index contributed by atoms with van der Waals surface area (Å²) in [4.78, 5) is 0. The van der Waals surface area contributed by atoms with Crippen LogP contribution in [0.15, 0.2) is 18.5 Å². The number of hydrogen-bond acceptors (Lipinski definition) is 4. The normalized spacial score (nSPS) is 10.3. The molecule has 0 aliphatic heterocycles. The largest absolute Gasteiger partial charge is 0.158 e. The highest BCUT2D eigenvalue weighted by Crippen LogP contribution is 2.09. The zero-order valence-corrected chi connectivity index (χ0v) is 6.02. The number of fused-ring (bicyclic) bond motifs is 1. The Morgan fingerprint density at radius 1 is 1.18 bits per heavy atom. The maximum Gasteiger partial charge on any atom is 0.115 e. The van der Waals surface area contributed by atoms with Crippen molar-refractivity contribution in [2.45, 2.75) is 6.92 Å². The van der Waals surface area contributed by atoms with Crippen molar-refractivity contribution in [2.24, 2.45) is 0 Å². The summed E-state index contributed by atoms with van der Waals surface area (Å²) in [6, 6.07) is 1.88. The van der Waals surface area contributed by atoms with Crippen LogP contribution in [0.2, 0.25) is 0 Å². The van der Waals surface area contributed by atoms with Gasteiger partial charge in [-0.2, -0.15) is 15.3 Å². The first kappa shape index (κ1) is 6.15. The van der Waals surface area contributed by atoms with Crippen LogP contribution < -0.4 is 0 Å². The molecule has 4 nitrogen and oxygen atoms in total. The molecule has 2 aromatic heterocycles. The zero-order valence-electron chi connectivity index (χ0n) is 6.02. The Kier molecular flexibility index (Phi) is 1.25. The molecule has 0 spiro atoms. The summed E-state index contributed by atoms with van der Waals surface area (Å²) in [7, 11) is 0. The van der Waals surface area contributed by atoms with Gasteiger partial charge in [-0.1, -0.05) is 0 Å². The lowest BCUT2D eigenvalue weighted by Gasteiger charge is -1.94. The Balaban J connectivity index is 2.91. The van der Waals surface area contributed by atoms with Gasteiger partial charge in [-0.25, -0.2) is 0 Å². The second-order valence-electron chi connectivity index (χ2n) is 2.26. The van der Waals surface area contributed by atoms with Crippen LogP contribution >= 0.6 is 0 Å². The SMILES string of the molecule is Cc1nncc2nnccc12. The van der Waals surface area contributed by atoms with Crippen molar-refractivity contribution in [1.29, 1.82) is 0 Å². The molecule has 0 amide bonds. The van der Waals surface area contributed by atoms with Gasteiger partial charge in [0.15, 0.2) is 0 Å². The maximum absolute atomic E-state index is 3.89. The average molecular weight is 146 g/mol. The first-order valence-electron chi connectivity index (χ1n) is 3.27. The van der Waals surface area contributed by atoms with Crippen LogP contribution in [0.3, 0.4) is 0 Å². The van der Waals surface area contributed by atoms with Crippen molar-refractivity contribution in [3.05, 3.63) is 24.2 Å². The molecule has 0 radical (unpaired) electrons. The molecule has 0 bridgehead atoms. The average Bonchev–Trinajstić information content (AvgIpc) is 2.06. The second-order valence-corrected chi connectivity index (χ2v) is 2.26. The Hall–Kier alpha value is -1.58. The van der Waals surface area contributed by atoms with Crippen LogP contribution in [0.4, 0.5) is 0 Å². The third-order valence-electron chi connectivity index (χ3n) is 1.53. The van der Waals surface area contributed by atoms with Crippen molar-refractivity contribution in [3.63, 3.8) is 0 Å². The van der Waals surface area contributed by atoms with E-state index < -0.39 is 0 Å². The smallest absolute Gasteiger partial charge is 0.115 e. The molecule has 2 aromatic rings. The molecule has 11 heavy (non-hydrogen) atoms. The van der Waals surface area contributed by atoms with E-state index in [1.54, 1.807) is 12.4 Å². The van der Waals surface area contributed by atoms with E-state index in [0.29, 0.717) is 0 Å². The number of hydrogen-bond donors (Lipinski definition) is 0. The first-order valence-corrected chi connectivity index (χ1v) is 3.27. The molecule has 54 valence electrons. The highest BCUT2D eigenvalue weighted by Gasteiger charge is 1.97. The van der Waals surface area contributed by atoms with Crippen molar-refractivity contribution in [2.75, 3.05) is 0 Å². The molecule has 0 aliphatic carbocycles. The highest BCUT2D eigenvalue weighted by atomic mass is 15.1. The minimum Gasteiger partial charge on any atom is -0.158 e. The molecule has 2 rings (SSSR count). The summed E-state index contributed by atoms with van der Waals surface area (Å²) in [5.74, 6) is 0. The van der Waals surface area contributed by atoms with Gasteiger partial charge in [0, 0.05) is 5.39 Å². The van der Waals surface area contributed by atoms with E-state index in [1.165, 1.54) is 0 Å². The zero-order chi connectivity index (χ0) is 7.68. The fraction of sp³-hybridized carbons (Fsp3) is 0.143. The molecule has 0 unspecified atom stereocenters. The molecule has 4 heteroatoms. The molecule has 0 atom stereocenters. The molecular formula is C7H6N4. The van der Waals surface area contributed by atoms with Crippen LogP contribution in [-0.2, 0) is 0 Å². The van der Waals surface area contributed by atoms with Crippen LogP contribution in [-0.4, -0.2) is 20.4 Å². The van der Waals surface area contributed by atoms with Crippen molar-refractivity contribution in [3.8, 4) is 0 Å². The van der Waals surface area contributed by atoms with E-state index in [9.17, 15) is 0 Å². The van der Waals surface area contributed by atoms with E-state index in [0.717, 1.165) is 16.6 Å². The Bertz CT molecular complexity index is 380. The highest BCUT2D eigenvalue weighted by molar-refractivity contribution is 5.78. The first-order chi connectivity index (χ1) is 5.38. The molecule has 0 aromatic carbocycles. The van der Waals surface area contributed by atoms with E-state index in [1.807, 2.05) is 13.0 Å². The number of aryl methyl sites for hydroxylation is 1. The van der Waals surface area contributed by atoms with E-state index in [4.69, 9.17) is 0 Å². The fourth-order valence-electron chi connectivity index (χ4n) is 0.968. The number of aromatic nitrogens is 4.